The van der Waals surface area contributed by atoms with E-state index < -0.39 is 49.2 Å². The van der Waals surface area contributed by atoms with E-state index in [2.05, 4.69) is 26.7 Å². The number of methoxy groups -OCH3 is 1. The Kier molecular flexibility index (Phi) is 8.43. The molecule has 216 valence electrons. The first kappa shape index (κ1) is 29.7. The summed E-state index contributed by atoms with van der Waals surface area (Å²) in [5.74, 6) is -2.45. The number of ether oxygens (including phenoxy) is 1. The van der Waals surface area contributed by atoms with Crippen LogP contribution in [0.15, 0.2) is 76.6 Å². The molecule has 0 spiro atoms. The molecular weight excluding hydrogens is 573 g/mol. The highest BCUT2D eigenvalue weighted by atomic mass is 32.3. The maximum Gasteiger partial charge on any atom is 0.250 e. The highest BCUT2D eigenvalue weighted by Crippen LogP contribution is 2.40. The average molecular weight is 602 g/mol. The third kappa shape index (κ3) is 6.71. The van der Waals surface area contributed by atoms with Gasteiger partial charge in [-0.25, -0.2) is 32.1 Å². The zero-order valence-electron chi connectivity index (χ0n) is 22.6. The van der Waals surface area contributed by atoms with E-state index >= 15 is 0 Å². The fraction of sp³-hybridized carbons (Fsp3) is 0.222. The van der Waals surface area contributed by atoms with Gasteiger partial charge < -0.3 is 20.1 Å². The Morgan fingerprint density at radius 3 is 2.37 bits per heavy atom. The topological polar surface area (TPSA) is 150 Å². The lowest BCUT2D eigenvalue weighted by Crippen LogP contribution is -2.33. The van der Waals surface area contributed by atoms with Crippen LogP contribution in [0.1, 0.15) is 17.5 Å². The Bertz CT molecular complexity index is 1710. The average Bonchev–Trinajstić information content (AvgIpc) is 3.32. The molecule has 0 saturated heterocycles. The van der Waals surface area contributed by atoms with E-state index in [0.717, 1.165) is 21.0 Å². The summed E-state index contributed by atoms with van der Waals surface area (Å²) in [6.45, 7) is 0. The van der Waals surface area contributed by atoms with Crippen molar-refractivity contribution < 1.29 is 32.9 Å². The number of nitrogens with zero attached hydrogens (tertiary/aromatic N) is 5. The Hall–Kier alpha value is -4.32. The van der Waals surface area contributed by atoms with Crippen LogP contribution in [0.2, 0.25) is 0 Å². The molecule has 14 heteroatoms. The fourth-order valence-electron chi connectivity index (χ4n) is 3.66. The number of rotatable bonds is 9. The van der Waals surface area contributed by atoms with Crippen molar-refractivity contribution in [2.24, 2.45) is 4.99 Å². The minimum atomic E-state index is -4.43. The number of sulfonamides is 1. The molecule has 4 rings (SSSR count). The Balaban J connectivity index is 1.95. The minimum Gasteiger partial charge on any atom is -0.506 e. The van der Waals surface area contributed by atoms with Crippen LogP contribution in [-0.2, 0) is 14.8 Å². The van der Waals surface area contributed by atoms with Crippen LogP contribution in [0.25, 0.3) is 11.4 Å². The van der Waals surface area contributed by atoms with Crippen LogP contribution >= 0.6 is 10.0 Å². The smallest absolute Gasteiger partial charge is 0.250 e. The molecule has 0 fully saturated rings. The van der Waals surface area contributed by atoms with E-state index in [-0.39, 0.29) is 34.6 Å². The minimum absolute atomic E-state index is 0.0277. The number of aromatic hydroxyl groups is 2. The first-order valence-corrected chi connectivity index (χ1v) is 16.5. The van der Waals surface area contributed by atoms with Crippen LogP contribution < -0.4 is 4.31 Å². The summed E-state index contributed by atoms with van der Waals surface area (Å²) in [4.78, 5) is 4.27. The molecule has 0 aliphatic carbocycles. The van der Waals surface area contributed by atoms with Gasteiger partial charge in [0.2, 0.25) is 21.9 Å². The zero-order valence-corrected chi connectivity index (χ0v) is 24.2. The molecule has 1 aliphatic rings. The molecule has 0 unspecified atom stereocenters. The summed E-state index contributed by atoms with van der Waals surface area (Å²) in [6.07, 6.45) is 6.98. The van der Waals surface area contributed by atoms with Crippen molar-refractivity contribution in [1.29, 1.82) is 0 Å². The molecule has 11 nitrogen and oxygen atoms in total. The van der Waals surface area contributed by atoms with Crippen LogP contribution in [-0.4, -0.2) is 76.0 Å². The Morgan fingerprint density at radius 2 is 1.76 bits per heavy atom. The quantitative estimate of drug-likeness (QED) is 0.315. The van der Waals surface area contributed by atoms with E-state index in [0.29, 0.717) is 0 Å². The third-order valence-electron chi connectivity index (χ3n) is 5.62. The normalized spacial score (nSPS) is 14.6. The second-order valence-corrected chi connectivity index (χ2v) is 15.6. The molecule has 0 bridgehead atoms. The number of benzene rings is 2. The molecule has 3 N–H and O–H groups in total. The van der Waals surface area contributed by atoms with E-state index in [1.165, 1.54) is 49.7 Å². The van der Waals surface area contributed by atoms with Gasteiger partial charge in [0.1, 0.15) is 28.8 Å². The predicted molar refractivity (Wildman–Crippen MR) is 156 cm³/mol. The molecule has 3 aromatic rings. The highest BCUT2D eigenvalue weighted by Gasteiger charge is 2.33. The van der Waals surface area contributed by atoms with Crippen LogP contribution in [0.3, 0.4) is 0 Å². The van der Waals surface area contributed by atoms with Gasteiger partial charge in [0.25, 0.3) is 0 Å². The van der Waals surface area contributed by atoms with E-state index in [1.807, 2.05) is 18.8 Å². The second kappa shape index (κ2) is 11.7. The number of aliphatic hydroxyl groups excluding tert-OH is 1. The first-order chi connectivity index (χ1) is 19.3. The summed E-state index contributed by atoms with van der Waals surface area (Å²) in [5, 5.41) is 42.2. The third-order valence-corrected chi connectivity index (χ3v) is 8.18. The summed E-state index contributed by atoms with van der Waals surface area (Å²) < 4.78 is 48.3. The largest absolute Gasteiger partial charge is 0.506 e. The van der Waals surface area contributed by atoms with E-state index in [4.69, 9.17) is 4.74 Å². The van der Waals surface area contributed by atoms with Crippen LogP contribution in [0.5, 0.6) is 11.5 Å². The molecule has 2 heterocycles. The van der Waals surface area contributed by atoms with Crippen molar-refractivity contribution in [3.8, 4) is 17.2 Å². The number of aromatic nitrogens is 3. The second-order valence-electron chi connectivity index (χ2n) is 9.58. The number of phenols is 2. The van der Waals surface area contributed by atoms with Crippen molar-refractivity contribution in [2.45, 2.75) is 6.10 Å². The molecule has 41 heavy (non-hydrogen) atoms. The van der Waals surface area contributed by atoms with Crippen molar-refractivity contribution in [2.75, 3.05) is 35.9 Å². The molecule has 0 saturated carbocycles. The van der Waals surface area contributed by atoms with Crippen molar-refractivity contribution in [1.82, 2.24) is 14.8 Å². The van der Waals surface area contributed by atoms with Gasteiger partial charge in [-0.05, 0) is 59.7 Å². The number of halogens is 1. The van der Waals surface area contributed by atoms with Crippen molar-refractivity contribution in [3.63, 3.8) is 0 Å². The maximum absolute atomic E-state index is 13.9. The summed E-state index contributed by atoms with van der Waals surface area (Å²) in [5.41, 5.74) is 5.48. The fourth-order valence-corrected chi connectivity index (χ4v) is 5.59. The number of phenolic OH excluding ortho intramolecular Hbond substituents is 2. The number of anilines is 1. The van der Waals surface area contributed by atoms with Crippen molar-refractivity contribution in [3.05, 3.63) is 88.8 Å². The standard InChI is InChI=1S/C27H28FN5O6S2/c1-39-24-10-5-7-20(29-24)26-30-31-27(33(26)25-21(34)8-6-9-22(25)35)32(15-16-40(2,3)4)41(37,38)17-23(36)18-11-13-19(28)14-12-18/h6,8-16,23,34-36H,17H2,1-4H3/b16-15+/t23-/m1/s1. The van der Waals surface area contributed by atoms with Gasteiger partial charge >= 0.3 is 0 Å². The summed E-state index contributed by atoms with van der Waals surface area (Å²) >= 11 is 0. The van der Waals surface area contributed by atoms with Gasteiger partial charge in [0.15, 0.2) is 11.5 Å². The lowest BCUT2D eigenvalue weighted by atomic mass is 10.1. The van der Waals surface area contributed by atoms with E-state index in [1.54, 1.807) is 5.41 Å². The molecular formula is C27H28FN5O6S2. The number of para-hydroxylation sites is 1. The van der Waals surface area contributed by atoms with Gasteiger partial charge in [-0.1, -0.05) is 23.9 Å². The van der Waals surface area contributed by atoms with Gasteiger partial charge in [-0.15, -0.1) is 10.2 Å². The Labute approximate surface area is 237 Å². The molecule has 1 aromatic heterocycles. The Morgan fingerprint density at radius 1 is 1.10 bits per heavy atom. The summed E-state index contributed by atoms with van der Waals surface area (Å²) in [7, 11) is -4.44. The summed E-state index contributed by atoms with van der Waals surface area (Å²) in [6, 6.07) is 8.80. The number of aliphatic hydroxyl groups is 1. The number of hydrogen-bond donors (Lipinski definition) is 3. The monoisotopic (exact) mass is 601 g/mol. The molecule has 1 aliphatic heterocycles. The number of hydrogen-bond acceptors (Lipinski definition) is 9. The van der Waals surface area contributed by atoms with Crippen molar-refractivity contribution >= 4 is 37.6 Å². The lowest BCUT2D eigenvalue weighted by molar-refractivity contribution is 0.201. The molecule has 2 aromatic carbocycles. The van der Waals surface area contributed by atoms with Gasteiger partial charge in [0, 0.05) is 6.20 Å². The first-order valence-electron chi connectivity index (χ1n) is 11.9. The lowest BCUT2D eigenvalue weighted by Gasteiger charge is -2.25. The predicted octanol–water partition coefficient (Wildman–Crippen LogP) is 3.56. The maximum atomic E-state index is 13.9. The van der Waals surface area contributed by atoms with Crippen LogP contribution in [0.4, 0.5) is 10.3 Å². The molecule has 0 radical (unpaired) electrons. The molecule has 0 amide bonds. The number of aliphatic imine (C=N–C) groups is 1. The van der Waals surface area contributed by atoms with Gasteiger partial charge in [-0.2, -0.15) is 0 Å². The van der Waals surface area contributed by atoms with E-state index in [9.17, 15) is 28.1 Å². The molecule has 1 atom stereocenters. The van der Waals surface area contributed by atoms with Gasteiger partial charge in [-0.3, -0.25) is 4.57 Å². The van der Waals surface area contributed by atoms with Gasteiger partial charge in [0.05, 0.1) is 19.3 Å². The van der Waals surface area contributed by atoms with Crippen LogP contribution in [0, 0.1) is 5.82 Å². The SMILES string of the molecule is COC1=NC(c2nnc(N(/C=C/S(C)(C)C)S(=O)(=O)C[C@@H](O)c3ccc(F)cc3)n2-c2c(O)cccc2O)=C=C=C1. The highest BCUT2D eigenvalue weighted by molar-refractivity contribution is 8.34. The zero-order chi connectivity index (χ0) is 29.9.